The lowest BCUT2D eigenvalue weighted by atomic mass is 10.1. The van der Waals surface area contributed by atoms with Crippen LogP contribution in [-0.2, 0) is 19.9 Å². The molecule has 3 aromatic heterocycles. The first kappa shape index (κ1) is 21.7. The van der Waals surface area contributed by atoms with Crippen molar-refractivity contribution in [2.45, 2.75) is 19.0 Å². The highest BCUT2D eigenvalue weighted by Gasteiger charge is 2.30. The van der Waals surface area contributed by atoms with Crippen molar-refractivity contribution in [1.29, 1.82) is 0 Å². The van der Waals surface area contributed by atoms with Gasteiger partial charge in [0.2, 0.25) is 0 Å². The number of hydrogen-bond acceptors (Lipinski definition) is 5. The maximum absolute atomic E-state index is 12.7. The largest absolute Gasteiger partial charge is 0.430 e. The van der Waals surface area contributed by atoms with Crippen molar-refractivity contribution in [2.75, 3.05) is 13.1 Å². The van der Waals surface area contributed by atoms with Crippen LogP contribution in [0.1, 0.15) is 16.8 Å². The van der Waals surface area contributed by atoms with Crippen molar-refractivity contribution in [3.8, 4) is 5.82 Å². The monoisotopic (exact) mass is 444 g/mol. The second-order valence-electron chi connectivity index (χ2n) is 7.64. The predicted molar refractivity (Wildman–Crippen MR) is 117 cm³/mol. The van der Waals surface area contributed by atoms with Gasteiger partial charge in [-0.05, 0) is 48.9 Å². The molecule has 7 nitrogen and oxygen atoms in total. The summed E-state index contributed by atoms with van der Waals surface area (Å²) in [5.74, 6) is 0.451. The number of nitrogens with two attached hydrogens (primary N) is 2. The average molecular weight is 444 g/mol. The fourth-order valence-electron chi connectivity index (χ4n) is 3.91. The van der Waals surface area contributed by atoms with Crippen LogP contribution in [0.4, 0.5) is 13.2 Å². The Morgan fingerprint density at radius 1 is 1.16 bits per heavy atom. The van der Waals surface area contributed by atoms with E-state index >= 15 is 0 Å². The Morgan fingerprint density at radius 2 is 1.91 bits per heavy atom. The lowest BCUT2D eigenvalue weighted by Gasteiger charge is -2.08. The zero-order chi connectivity index (χ0) is 23.0. The van der Waals surface area contributed by atoms with Gasteiger partial charge in [-0.15, -0.1) is 0 Å². The molecule has 0 aromatic carbocycles. The minimum absolute atomic E-state index is 0.00959. The number of aromatic nitrogens is 3. The van der Waals surface area contributed by atoms with E-state index in [2.05, 4.69) is 9.88 Å². The molecule has 168 valence electrons. The summed E-state index contributed by atoms with van der Waals surface area (Å²) in [6, 6.07) is 6.55. The molecule has 1 aliphatic heterocycles. The van der Waals surface area contributed by atoms with Crippen LogP contribution in [-0.4, -0.2) is 33.4 Å². The molecule has 10 heteroatoms. The molecule has 0 radical (unpaired) electrons. The molecule has 4 rings (SSSR count). The molecule has 0 saturated heterocycles. The van der Waals surface area contributed by atoms with Gasteiger partial charge >= 0.3 is 6.18 Å². The zero-order valence-electron chi connectivity index (χ0n) is 17.4. The van der Waals surface area contributed by atoms with Crippen LogP contribution < -0.4 is 22.3 Å². The Balaban J connectivity index is 1.69. The number of hydrogen-bond donors (Lipinski definition) is 3. The molecule has 4 heterocycles. The number of allylic oxidation sites excluding steroid dienone is 3. The van der Waals surface area contributed by atoms with Gasteiger partial charge in [-0.2, -0.15) is 13.2 Å². The van der Waals surface area contributed by atoms with Gasteiger partial charge in [0, 0.05) is 54.6 Å². The molecule has 0 unspecified atom stereocenters. The summed E-state index contributed by atoms with van der Waals surface area (Å²) in [5.41, 5.74) is 12.7. The van der Waals surface area contributed by atoms with Gasteiger partial charge in [-0.3, -0.25) is 9.36 Å². The van der Waals surface area contributed by atoms with E-state index in [1.54, 1.807) is 12.1 Å². The minimum Gasteiger partial charge on any atom is -0.398 e. The van der Waals surface area contributed by atoms with Crippen LogP contribution >= 0.6 is 0 Å². The van der Waals surface area contributed by atoms with Crippen LogP contribution in [0.15, 0.2) is 53.1 Å². The highest BCUT2D eigenvalue weighted by molar-refractivity contribution is 5.83. The third-order valence-corrected chi connectivity index (χ3v) is 5.62. The Bertz CT molecular complexity index is 1300. The van der Waals surface area contributed by atoms with Crippen molar-refractivity contribution in [2.24, 2.45) is 18.5 Å². The zero-order valence-corrected chi connectivity index (χ0v) is 17.4. The topological polar surface area (TPSA) is 104 Å². The maximum atomic E-state index is 12.7. The number of nitrogens with zero attached hydrogens (tertiary/aromatic N) is 3. The van der Waals surface area contributed by atoms with E-state index in [-0.39, 0.29) is 11.3 Å². The molecule has 0 atom stereocenters. The van der Waals surface area contributed by atoms with Gasteiger partial charge in [-0.25, -0.2) is 4.98 Å². The first-order valence-corrected chi connectivity index (χ1v) is 10.1. The fraction of sp³-hybridized carbons (Fsp3) is 0.273. The van der Waals surface area contributed by atoms with Crippen molar-refractivity contribution >= 4 is 16.7 Å². The number of fused-ring (bicyclic) bond motifs is 3. The molecule has 5 N–H and O–H groups in total. The summed E-state index contributed by atoms with van der Waals surface area (Å²) in [7, 11) is 1.97. The second kappa shape index (κ2) is 8.19. The lowest BCUT2D eigenvalue weighted by molar-refractivity contribution is -0.0926. The summed E-state index contributed by atoms with van der Waals surface area (Å²) in [4.78, 5) is 17.4. The van der Waals surface area contributed by atoms with Gasteiger partial charge in [0.15, 0.2) is 0 Å². The second-order valence-corrected chi connectivity index (χ2v) is 7.64. The molecule has 0 amide bonds. The van der Waals surface area contributed by atoms with Crippen LogP contribution in [0.5, 0.6) is 0 Å². The number of alkyl halides is 3. The molecule has 3 aromatic rings. The Morgan fingerprint density at radius 3 is 2.62 bits per heavy atom. The average Bonchev–Trinajstić information content (AvgIpc) is 2.90. The van der Waals surface area contributed by atoms with Crippen LogP contribution in [0.25, 0.3) is 22.5 Å². The normalized spacial score (nSPS) is 15.6. The highest BCUT2D eigenvalue weighted by atomic mass is 19.4. The molecule has 0 aliphatic carbocycles. The minimum atomic E-state index is -4.64. The maximum Gasteiger partial charge on any atom is 0.430 e. The van der Waals surface area contributed by atoms with E-state index < -0.39 is 17.4 Å². The molecule has 0 saturated carbocycles. The molecular weight excluding hydrogens is 421 g/mol. The third-order valence-electron chi connectivity index (χ3n) is 5.62. The molecule has 32 heavy (non-hydrogen) atoms. The number of pyridine rings is 2. The van der Waals surface area contributed by atoms with Crippen molar-refractivity contribution in [1.82, 2.24) is 19.4 Å². The van der Waals surface area contributed by atoms with E-state index in [0.717, 1.165) is 43.0 Å². The van der Waals surface area contributed by atoms with E-state index in [4.69, 9.17) is 16.5 Å². The van der Waals surface area contributed by atoms with Gasteiger partial charge in [0.25, 0.3) is 5.56 Å². The standard InChI is InChI=1S/C22H23F3N6O/c1-30-17-7-10-28-9-6-14(17)15-2-5-19(29-21(15)30)31-11-8-13(12-20(31)32)16(26)3-4-18(27)22(23,24)25/h2-5,8,11-12,28H,6-7,9-10,26-27H2,1H3/b16-3-,18-4-. The Hall–Kier alpha value is -3.53. The molecule has 0 bridgehead atoms. The predicted octanol–water partition coefficient (Wildman–Crippen LogP) is 2.12. The first-order valence-electron chi connectivity index (χ1n) is 10.1. The molecular formula is C22H23F3N6O. The van der Waals surface area contributed by atoms with E-state index in [0.29, 0.717) is 11.9 Å². The number of nitrogens with one attached hydrogen (secondary N) is 1. The van der Waals surface area contributed by atoms with Gasteiger partial charge in [0.1, 0.15) is 17.2 Å². The number of halogens is 3. The summed E-state index contributed by atoms with van der Waals surface area (Å²) >= 11 is 0. The van der Waals surface area contributed by atoms with Crippen LogP contribution in [0, 0.1) is 0 Å². The summed E-state index contributed by atoms with van der Waals surface area (Å²) in [5, 5.41) is 4.46. The van der Waals surface area contributed by atoms with E-state index in [1.807, 2.05) is 13.1 Å². The van der Waals surface area contributed by atoms with Crippen molar-refractivity contribution in [3.05, 3.63) is 75.5 Å². The number of aryl methyl sites for hydroxylation is 1. The third kappa shape index (κ3) is 4.01. The van der Waals surface area contributed by atoms with Crippen LogP contribution in [0.3, 0.4) is 0 Å². The van der Waals surface area contributed by atoms with E-state index in [9.17, 15) is 18.0 Å². The van der Waals surface area contributed by atoms with E-state index in [1.165, 1.54) is 28.1 Å². The lowest BCUT2D eigenvalue weighted by Crippen LogP contribution is -2.20. The quantitative estimate of drug-likeness (QED) is 0.537. The Kier molecular flexibility index (Phi) is 5.55. The summed E-state index contributed by atoms with van der Waals surface area (Å²) in [6.07, 6.45) is 0.382. The SMILES string of the molecule is Cn1c2c(c3ccc(-n4ccc(/C(N)=C/C=C(\N)C(F)(F)F)cc4=O)nc31)CCNCC2. The first-order chi connectivity index (χ1) is 15.2. The van der Waals surface area contributed by atoms with Gasteiger partial charge < -0.3 is 21.4 Å². The smallest absolute Gasteiger partial charge is 0.398 e. The van der Waals surface area contributed by atoms with Gasteiger partial charge in [0.05, 0.1) is 0 Å². The Labute approximate surface area is 181 Å². The highest BCUT2D eigenvalue weighted by Crippen LogP contribution is 2.27. The molecule has 0 spiro atoms. The fourth-order valence-corrected chi connectivity index (χ4v) is 3.91. The van der Waals surface area contributed by atoms with Crippen LogP contribution in [0.2, 0.25) is 0 Å². The van der Waals surface area contributed by atoms with Crippen molar-refractivity contribution in [3.63, 3.8) is 0 Å². The van der Waals surface area contributed by atoms with Gasteiger partial charge in [-0.1, -0.05) is 0 Å². The summed E-state index contributed by atoms with van der Waals surface area (Å²) in [6.45, 7) is 1.82. The molecule has 1 aliphatic rings. The molecule has 0 fully saturated rings. The number of rotatable bonds is 3. The summed E-state index contributed by atoms with van der Waals surface area (Å²) < 4.78 is 41.0. The van der Waals surface area contributed by atoms with Crippen molar-refractivity contribution < 1.29 is 13.2 Å².